The Kier molecular flexibility index (Phi) is 8.61. The Bertz CT molecular complexity index is 419. The molecule has 0 aliphatic rings. The molecule has 0 fully saturated rings. The lowest BCUT2D eigenvalue weighted by molar-refractivity contribution is 0.0691. The summed E-state index contributed by atoms with van der Waals surface area (Å²) in [6.07, 6.45) is 1.65. The van der Waals surface area contributed by atoms with Gasteiger partial charge in [0, 0.05) is 32.9 Å². The van der Waals surface area contributed by atoms with Gasteiger partial charge in [-0.2, -0.15) is 0 Å². The summed E-state index contributed by atoms with van der Waals surface area (Å²) >= 11 is 0. The van der Waals surface area contributed by atoms with Crippen LogP contribution in [0.2, 0.25) is 0 Å². The summed E-state index contributed by atoms with van der Waals surface area (Å²) in [5, 5.41) is 5.62. The van der Waals surface area contributed by atoms with Gasteiger partial charge in [-0.15, -0.1) is 0 Å². The number of rotatable bonds is 11. The van der Waals surface area contributed by atoms with Gasteiger partial charge in [-0.1, -0.05) is 0 Å². The molecule has 120 valence electrons. The minimum atomic E-state index is -0.689. The number of nitrogens with zero attached hydrogens (tertiary/aromatic N) is 1. The van der Waals surface area contributed by atoms with E-state index in [1.807, 2.05) is 6.92 Å². The maximum absolute atomic E-state index is 13.6. The highest BCUT2D eigenvalue weighted by Crippen LogP contribution is 2.18. The van der Waals surface area contributed by atoms with Crippen molar-refractivity contribution >= 4 is 11.6 Å². The Balaban J connectivity index is 2.29. The third-order valence-electron chi connectivity index (χ3n) is 2.71. The highest BCUT2D eigenvalue weighted by molar-refractivity contribution is 5.47. The molecule has 0 aromatic carbocycles. The smallest absolute Gasteiger partial charge is 0.168 e. The van der Waals surface area contributed by atoms with Gasteiger partial charge in [-0.25, -0.2) is 13.8 Å². The molecular weight excluding hydrogens is 280 g/mol. The van der Waals surface area contributed by atoms with Gasteiger partial charge in [0.05, 0.1) is 13.2 Å². The number of anilines is 2. The summed E-state index contributed by atoms with van der Waals surface area (Å²) in [7, 11) is 1.62. The van der Waals surface area contributed by atoms with E-state index in [1.165, 1.54) is 0 Å². The Morgan fingerprint density at radius 3 is 2.43 bits per heavy atom. The molecule has 0 amide bonds. The topological polar surface area (TPSA) is 55.4 Å². The van der Waals surface area contributed by atoms with Gasteiger partial charge < -0.3 is 20.1 Å². The fraction of sp³-hybridized carbons (Fsp3) is 0.643. The number of nitrogens with one attached hydrogen (secondary N) is 2. The molecule has 7 heteroatoms. The van der Waals surface area contributed by atoms with E-state index in [4.69, 9.17) is 9.47 Å². The predicted octanol–water partition coefficient (Wildman–Crippen LogP) is 2.65. The van der Waals surface area contributed by atoms with Crippen LogP contribution < -0.4 is 10.6 Å². The van der Waals surface area contributed by atoms with Gasteiger partial charge in [0.25, 0.3) is 0 Å². The van der Waals surface area contributed by atoms with Crippen molar-refractivity contribution in [1.29, 1.82) is 0 Å². The number of hydrogen-bond acceptors (Lipinski definition) is 5. The lowest BCUT2D eigenvalue weighted by atomic mass is 10.3. The number of unbranched alkanes of at least 4 members (excludes halogenated alkanes) is 1. The van der Waals surface area contributed by atoms with E-state index in [-0.39, 0.29) is 11.6 Å². The maximum Gasteiger partial charge on any atom is 0.168 e. The molecule has 5 nitrogen and oxygen atoms in total. The second-order valence-corrected chi connectivity index (χ2v) is 4.42. The van der Waals surface area contributed by atoms with Gasteiger partial charge in [0.1, 0.15) is 0 Å². The molecule has 0 unspecified atom stereocenters. The summed E-state index contributed by atoms with van der Waals surface area (Å²) in [5.74, 6) is -1.26. The zero-order chi connectivity index (χ0) is 15.5. The largest absolute Gasteiger partial charge is 0.382 e. The summed E-state index contributed by atoms with van der Waals surface area (Å²) in [6.45, 7) is 4.68. The first-order valence-electron chi connectivity index (χ1n) is 7.09. The third kappa shape index (κ3) is 6.68. The van der Waals surface area contributed by atoms with Crippen LogP contribution in [-0.2, 0) is 9.47 Å². The second kappa shape index (κ2) is 10.3. The van der Waals surface area contributed by atoms with Crippen LogP contribution in [0.4, 0.5) is 20.4 Å². The molecule has 0 spiro atoms. The van der Waals surface area contributed by atoms with Crippen molar-refractivity contribution in [3.8, 4) is 0 Å². The first-order valence-corrected chi connectivity index (χ1v) is 7.09. The van der Waals surface area contributed by atoms with Crippen LogP contribution in [0.3, 0.4) is 0 Å². The summed E-state index contributed by atoms with van der Waals surface area (Å²) in [6, 6.07) is 0.835. The van der Waals surface area contributed by atoms with Crippen molar-refractivity contribution in [3.63, 3.8) is 0 Å². The lowest BCUT2D eigenvalue weighted by Crippen LogP contribution is -2.10. The molecule has 0 saturated carbocycles. The van der Waals surface area contributed by atoms with Crippen molar-refractivity contribution in [1.82, 2.24) is 4.98 Å². The van der Waals surface area contributed by atoms with Gasteiger partial charge in [0.2, 0.25) is 0 Å². The van der Waals surface area contributed by atoms with Gasteiger partial charge in [-0.05, 0) is 19.8 Å². The quantitative estimate of drug-likeness (QED) is 0.616. The number of pyridine rings is 1. The summed E-state index contributed by atoms with van der Waals surface area (Å²) < 4.78 is 37.1. The molecular formula is C14H23F2N3O2. The van der Waals surface area contributed by atoms with Gasteiger partial charge in [0.15, 0.2) is 23.3 Å². The molecule has 1 rings (SSSR count). The fourth-order valence-corrected chi connectivity index (χ4v) is 1.66. The average molecular weight is 303 g/mol. The zero-order valence-electron chi connectivity index (χ0n) is 12.5. The van der Waals surface area contributed by atoms with E-state index in [0.717, 1.165) is 18.9 Å². The van der Waals surface area contributed by atoms with E-state index >= 15 is 0 Å². The molecule has 1 aromatic rings. The minimum Gasteiger partial charge on any atom is -0.382 e. The van der Waals surface area contributed by atoms with Crippen LogP contribution in [0.1, 0.15) is 19.8 Å². The Hall–Kier alpha value is -1.47. The Labute approximate surface area is 124 Å². The summed E-state index contributed by atoms with van der Waals surface area (Å²) in [5.41, 5.74) is 0. The normalized spacial score (nSPS) is 10.7. The number of ether oxygens (including phenoxy) is 2. The molecule has 2 N–H and O–H groups in total. The molecule has 21 heavy (non-hydrogen) atoms. The SMILES string of the molecule is CCNc1nc(NCCCCOCCOC)c(F)cc1F. The highest BCUT2D eigenvalue weighted by atomic mass is 19.1. The maximum atomic E-state index is 13.6. The van der Waals surface area contributed by atoms with Crippen molar-refractivity contribution < 1.29 is 18.3 Å². The van der Waals surface area contributed by atoms with Crippen LogP contribution in [0.15, 0.2) is 6.07 Å². The fourth-order valence-electron chi connectivity index (χ4n) is 1.66. The van der Waals surface area contributed by atoms with Crippen molar-refractivity contribution in [3.05, 3.63) is 17.7 Å². The highest BCUT2D eigenvalue weighted by Gasteiger charge is 2.10. The summed E-state index contributed by atoms with van der Waals surface area (Å²) in [4.78, 5) is 3.90. The average Bonchev–Trinajstić information content (AvgIpc) is 2.46. The van der Waals surface area contributed by atoms with Gasteiger partial charge in [-0.3, -0.25) is 0 Å². The Morgan fingerprint density at radius 1 is 1.05 bits per heavy atom. The van der Waals surface area contributed by atoms with Crippen molar-refractivity contribution in [2.45, 2.75) is 19.8 Å². The first kappa shape index (κ1) is 17.6. The van der Waals surface area contributed by atoms with Crippen LogP contribution in [0.5, 0.6) is 0 Å². The number of hydrogen-bond donors (Lipinski definition) is 2. The van der Waals surface area contributed by atoms with E-state index in [2.05, 4.69) is 15.6 Å². The van der Waals surface area contributed by atoms with Crippen LogP contribution in [0, 0.1) is 11.6 Å². The third-order valence-corrected chi connectivity index (χ3v) is 2.71. The van der Waals surface area contributed by atoms with E-state index < -0.39 is 11.6 Å². The zero-order valence-corrected chi connectivity index (χ0v) is 12.5. The minimum absolute atomic E-state index is 0.0595. The van der Waals surface area contributed by atoms with E-state index in [1.54, 1.807) is 7.11 Å². The lowest BCUT2D eigenvalue weighted by Gasteiger charge is -2.10. The number of halogens is 2. The number of aromatic nitrogens is 1. The van der Waals surface area contributed by atoms with Crippen molar-refractivity contribution in [2.75, 3.05) is 50.7 Å². The molecule has 0 bridgehead atoms. The number of methoxy groups -OCH3 is 1. The van der Waals surface area contributed by atoms with Crippen LogP contribution in [0.25, 0.3) is 0 Å². The standard InChI is InChI=1S/C14H23F2N3O2/c1-3-17-13-11(15)10-12(16)14(19-13)18-6-4-5-7-21-9-8-20-2/h10H,3-9H2,1-2H3,(H2,17,18,19). The Morgan fingerprint density at radius 2 is 1.76 bits per heavy atom. The van der Waals surface area contributed by atoms with E-state index in [9.17, 15) is 8.78 Å². The van der Waals surface area contributed by atoms with Crippen LogP contribution >= 0.6 is 0 Å². The first-order chi connectivity index (χ1) is 10.2. The second-order valence-electron chi connectivity index (χ2n) is 4.42. The van der Waals surface area contributed by atoms with Crippen molar-refractivity contribution in [2.24, 2.45) is 0 Å². The monoisotopic (exact) mass is 303 g/mol. The molecule has 0 saturated heterocycles. The van der Waals surface area contributed by atoms with Gasteiger partial charge >= 0.3 is 0 Å². The molecule has 1 heterocycles. The predicted molar refractivity (Wildman–Crippen MR) is 78.7 cm³/mol. The molecule has 0 atom stereocenters. The van der Waals surface area contributed by atoms with Crippen LogP contribution in [-0.4, -0.2) is 45.0 Å². The molecule has 0 radical (unpaired) electrons. The van der Waals surface area contributed by atoms with E-state index in [0.29, 0.717) is 32.9 Å². The molecule has 0 aliphatic heterocycles. The molecule has 1 aromatic heterocycles. The molecule has 0 aliphatic carbocycles.